The van der Waals surface area contributed by atoms with Gasteiger partial charge in [-0.1, -0.05) is 26.0 Å². The van der Waals surface area contributed by atoms with Gasteiger partial charge >= 0.3 is 0 Å². The summed E-state index contributed by atoms with van der Waals surface area (Å²) in [7, 11) is 0. The van der Waals surface area contributed by atoms with Gasteiger partial charge in [0.25, 0.3) is 0 Å². The predicted octanol–water partition coefficient (Wildman–Crippen LogP) is 2.82. The van der Waals surface area contributed by atoms with E-state index in [1.807, 2.05) is 12.1 Å². The summed E-state index contributed by atoms with van der Waals surface area (Å²) in [6.45, 7) is 10.1. The predicted molar refractivity (Wildman–Crippen MR) is 89.7 cm³/mol. The smallest absolute Gasteiger partial charge is 0.108 e. The molecule has 2 rings (SSSR count). The van der Waals surface area contributed by atoms with Crippen molar-refractivity contribution in [3.05, 3.63) is 30.1 Å². The quantitative estimate of drug-likeness (QED) is 0.661. The molecule has 0 aliphatic heterocycles. The van der Waals surface area contributed by atoms with Crippen molar-refractivity contribution in [3.8, 4) is 0 Å². The molecule has 2 N–H and O–H groups in total. The Kier molecular flexibility index (Phi) is 6.70. The second-order valence-electron chi connectivity index (χ2n) is 5.43. The lowest BCUT2D eigenvalue weighted by Crippen LogP contribution is -2.25. The molecule has 0 saturated heterocycles. The molecule has 0 aliphatic rings. The minimum atomic E-state index is 0.963. The van der Waals surface area contributed by atoms with Gasteiger partial charge in [0, 0.05) is 13.0 Å². The summed E-state index contributed by atoms with van der Waals surface area (Å²) in [5.41, 5.74) is 2.19. The van der Waals surface area contributed by atoms with Gasteiger partial charge in [0.1, 0.15) is 5.82 Å². The molecule has 116 valence electrons. The van der Waals surface area contributed by atoms with Crippen molar-refractivity contribution in [1.82, 2.24) is 20.2 Å². The van der Waals surface area contributed by atoms with Crippen LogP contribution in [-0.2, 0) is 6.42 Å². The van der Waals surface area contributed by atoms with Crippen LogP contribution in [0.15, 0.2) is 24.3 Å². The standard InChI is InChI=1S/C17H28N4/c1-3-21(4-2)14-8-7-12-18-13-11-17-19-15-9-5-6-10-16(15)20-17/h5-6,9-10,18H,3-4,7-8,11-14H2,1-2H3,(H,19,20). The average molecular weight is 288 g/mol. The van der Waals surface area contributed by atoms with Crippen LogP contribution in [0.1, 0.15) is 32.5 Å². The Balaban J connectivity index is 1.57. The van der Waals surface area contributed by atoms with E-state index >= 15 is 0 Å². The molecule has 0 fully saturated rings. The van der Waals surface area contributed by atoms with E-state index in [0.29, 0.717) is 0 Å². The van der Waals surface area contributed by atoms with Gasteiger partial charge in [0.05, 0.1) is 11.0 Å². The van der Waals surface area contributed by atoms with Crippen molar-refractivity contribution in [1.29, 1.82) is 0 Å². The molecule has 2 aromatic rings. The number of rotatable bonds is 10. The lowest BCUT2D eigenvalue weighted by Gasteiger charge is -2.17. The zero-order valence-electron chi connectivity index (χ0n) is 13.4. The molecule has 0 unspecified atom stereocenters. The Hall–Kier alpha value is -1.39. The molecule has 4 nitrogen and oxygen atoms in total. The third-order valence-corrected chi connectivity index (χ3v) is 3.95. The number of unbranched alkanes of at least 4 members (excludes halogenated alkanes) is 1. The molecular formula is C17H28N4. The summed E-state index contributed by atoms with van der Waals surface area (Å²) in [5, 5.41) is 3.51. The van der Waals surface area contributed by atoms with E-state index in [1.54, 1.807) is 0 Å². The van der Waals surface area contributed by atoms with Crippen molar-refractivity contribution >= 4 is 11.0 Å². The Morgan fingerprint density at radius 2 is 1.90 bits per heavy atom. The maximum atomic E-state index is 4.59. The largest absolute Gasteiger partial charge is 0.342 e. The van der Waals surface area contributed by atoms with Gasteiger partial charge in [-0.3, -0.25) is 0 Å². The van der Waals surface area contributed by atoms with E-state index in [0.717, 1.165) is 49.5 Å². The van der Waals surface area contributed by atoms with Crippen LogP contribution >= 0.6 is 0 Å². The normalized spacial score (nSPS) is 11.6. The van der Waals surface area contributed by atoms with Crippen LogP contribution in [0.5, 0.6) is 0 Å². The molecular weight excluding hydrogens is 260 g/mol. The number of hydrogen-bond acceptors (Lipinski definition) is 3. The first-order valence-corrected chi connectivity index (χ1v) is 8.20. The van der Waals surface area contributed by atoms with Gasteiger partial charge in [-0.25, -0.2) is 4.98 Å². The lowest BCUT2D eigenvalue weighted by atomic mass is 10.3. The maximum absolute atomic E-state index is 4.59. The van der Waals surface area contributed by atoms with Crippen LogP contribution in [-0.4, -0.2) is 47.6 Å². The topological polar surface area (TPSA) is 44.0 Å². The number of hydrogen-bond donors (Lipinski definition) is 2. The zero-order valence-corrected chi connectivity index (χ0v) is 13.4. The first-order chi connectivity index (χ1) is 10.3. The molecule has 0 atom stereocenters. The number of aromatic amines is 1. The summed E-state index contributed by atoms with van der Waals surface area (Å²) in [4.78, 5) is 10.4. The third kappa shape index (κ3) is 5.14. The molecule has 0 amide bonds. The van der Waals surface area contributed by atoms with Gasteiger partial charge in [0.15, 0.2) is 0 Å². The molecule has 0 aliphatic carbocycles. The van der Waals surface area contributed by atoms with Crippen LogP contribution < -0.4 is 5.32 Å². The number of imidazole rings is 1. The summed E-state index contributed by atoms with van der Waals surface area (Å²) < 4.78 is 0. The Labute approximate surface area is 128 Å². The van der Waals surface area contributed by atoms with E-state index in [2.05, 4.69) is 46.2 Å². The van der Waals surface area contributed by atoms with Crippen LogP contribution in [0.25, 0.3) is 11.0 Å². The Bertz CT molecular complexity index is 483. The van der Waals surface area contributed by atoms with Gasteiger partial charge in [-0.2, -0.15) is 0 Å². The minimum Gasteiger partial charge on any atom is -0.342 e. The van der Waals surface area contributed by atoms with E-state index in [9.17, 15) is 0 Å². The second kappa shape index (κ2) is 8.80. The van der Waals surface area contributed by atoms with Crippen LogP contribution in [0.2, 0.25) is 0 Å². The molecule has 4 heteroatoms. The first kappa shape index (κ1) is 16.0. The highest BCUT2D eigenvalue weighted by atomic mass is 15.1. The van der Waals surface area contributed by atoms with Crippen molar-refractivity contribution in [2.75, 3.05) is 32.7 Å². The molecule has 0 bridgehead atoms. The number of nitrogens with zero attached hydrogens (tertiary/aromatic N) is 2. The molecule has 0 saturated carbocycles. The molecule has 0 radical (unpaired) electrons. The summed E-state index contributed by atoms with van der Waals surface area (Å²) in [5.74, 6) is 1.08. The highest BCUT2D eigenvalue weighted by molar-refractivity contribution is 5.74. The van der Waals surface area contributed by atoms with Gasteiger partial charge in [-0.05, 0) is 51.2 Å². The van der Waals surface area contributed by atoms with Crippen LogP contribution in [0.4, 0.5) is 0 Å². The van der Waals surface area contributed by atoms with E-state index in [-0.39, 0.29) is 0 Å². The number of aromatic nitrogens is 2. The van der Waals surface area contributed by atoms with Gasteiger partial charge in [-0.15, -0.1) is 0 Å². The molecule has 1 aromatic carbocycles. The third-order valence-electron chi connectivity index (χ3n) is 3.95. The molecule has 1 aromatic heterocycles. The second-order valence-corrected chi connectivity index (χ2v) is 5.43. The SMILES string of the molecule is CCN(CC)CCCCNCCc1nc2ccccc2[nH]1. The average Bonchev–Trinajstić information content (AvgIpc) is 2.93. The fraction of sp³-hybridized carbons (Fsp3) is 0.588. The van der Waals surface area contributed by atoms with Gasteiger partial charge in [0.2, 0.25) is 0 Å². The maximum Gasteiger partial charge on any atom is 0.108 e. The summed E-state index contributed by atoms with van der Waals surface area (Å²) >= 11 is 0. The molecule has 21 heavy (non-hydrogen) atoms. The Morgan fingerprint density at radius 3 is 2.67 bits per heavy atom. The number of nitrogens with one attached hydrogen (secondary N) is 2. The minimum absolute atomic E-state index is 0.963. The number of benzene rings is 1. The first-order valence-electron chi connectivity index (χ1n) is 8.20. The summed E-state index contributed by atoms with van der Waals surface area (Å²) in [6, 6.07) is 8.20. The van der Waals surface area contributed by atoms with Crippen molar-refractivity contribution in [3.63, 3.8) is 0 Å². The highest BCUT2D eigenvalue weighted by Gasteiger charge is 2.01. The molecule has 0 spiro atoms. The van der Waals surface area contributed by atoms with Crippen molar-refractivity contribution in [2.45, 2.75) is 33.1 Å². The van der Waals surface area contributed by atoms with Crippen LogP contribution in [0, 0.1) is 0 Å². The van der Waals surface area contributed by atoms with Crippen molar-refractivity contribution < 1.29 is 0 Å². The highest BCUT2D eigenvalue weighted by Crippen LogP contribution is 2.10. The fourth-order valence-electron chi connectivity index (χ4n) is 2.58. The monoisotopic (exact) mass is 288 g/mol. The Morgan fingerprint density at radius 1 is 1.10 bits per heavy atom. The number of fused-ring (bicyclic) bond motifs is 1. The zero-order chi connectivity index (χ0) is 14.9. The van der Waals surface area contributed by atoms with Crippen molar-refractivity contribution in [2.24, 2.45) is 0 Å². The summed E-state index contributed by atoms with van der Waals surface area (Å²) in [6.07, 6.45) is 3.49. The number of para-hydroxylation sites is 2. The number of H-pyrrole nitrogens is 1. The van der Waals surface area contributed by atoms with Gasteiger partial charge < -0.3 is 15.2 Å². The van der Waals surface area contributed by atoms with E-state index < -0.39 is 0 Å². The van der Waals surface area contributed by atoms with E-state index in [1.165, 1.54) is 19.4 Å². The fourth-order valence-corrected chi connectivity index (χ4v) is 2.58. The molecule has 1 heterocycles. The van der Waals surface area contributed by atoms with Crippen LogP contribution in [0.3, 0.4) is 0 Å². The lowest BCUT2D eigenvalue weighted by molar-refractivity contribution is 0.296. The van der Waals surface area contributed by atoms with E-state index in [4.69, 9.17) is 0 Å².